The average molecular weight is 464 g/mol. The zero-order valence-corrected chi connectivity index (χ0v) is 19.1. The van der Waals surface area contributed by atoms with Crippen LogP contribution in [0.1, 0.15) is 18.4 Å². The van der Waals surface area contributed by atoms with Gasteiger partial charge in [0.25, 0.3) is 10.0 Å². The normalized spacial score (nSPS) is 13.7. The molecular formula is C25H25N3O4S. The molecule has 1 fully saturated rings. The Hall–Kier alpha value is -3.65. The predicted octanol–water partition coefficient (Wildman–Crippen LogP) is 3.96. The number of amides is 2. The van der Waals surface area contributed by atoms with E-state index in [1.54, 1.807) is 65.6 Å². The van der Waals surface area contributed by atoms with E-state index in [-0.39, 0.29) is 10.8 Å². The lowest BCUT2D eigenvalue weighted by Crippen LogP contribution is -2.38. The summed E-state index contributed by atoms with van der Waals surface area (Å²) in [4.78, 5) is 26.8. The molecule has 1 saturated heterocycles. The number of carbonyl (C=O) groups is 2. The summed E-state index contributed by atoms with van der Waals surface area (Å²) < 4.78 is 28.0. The van der Waals surface area contributed by atoms with Gasteiger partial charge in [-0.05, 0) is 61.4 Å². The van der Waals surface area contributed by atoms with Gasteiger partial charge < -0.3 is 10.2 Å². The van der Waals surface area contributed by atoms with Crippen molar-refractivity contribution in [3.8, 4) is 0 Å². The molecule has 2 amide bonds. The summed E-state index contributed by atoms with van der Waals surface area (Å²) in [6.45, 7) is 2.07. The molecule has 0 saturated carbocycles. The molecule has 33 heavy (non-hydrogen) atoms. The predicted molar refractivity (Wildman–Crippen MR) is 129 cm³/mol. The van der Waals surface area contributed by atoms with Crippen molar-refractivity contribution in [3.63, 3.8) is 0 Å². The van der Waals surface area contributed by atoms with Gasteiger partial charge in [-0.2, -0.15) is 0 Å². The molecule has 4 rings (SSSR count). The van der Waals surface area contributed by atoms with Crippen molar-refractivity contribution in [1.82, 2.24) is 0 Å². The lowest BCUT2D eigenvalue weighted by Gasteiger charge is -2.24. The van der Waals surface area contributed by atoms with Crippen molar-refractivity contribution in [2.45, 2.75) is 24.7 Å². The Morgan fingerprint density at radius 1 is 1.00 bits per heavy atom. The van der Waals surface area contributed by atoms with Gasteiger partial charge in [0.15, 0.2) is 0 Å². The lowest BCUT2D eigenvalue weighted by atomic mass is 10.2. The number of aryl methyl sites for hydroxylation is 1. The van der Waals surface area contributed by atoms with Crippen molar-refractivity contribution in [3.05, 3.63) is 84.4 Å². The monoisotopic (exact) mass is 463 g/mol. The van der Waals surface area contributed by atoms with Crippen molar-refractivity contribution in [2.24, 2.45) is 0 Å². The van der Waals surface area contributed by atoms with Crippen LogP contribution in [0.3, 0.4) is 0 Å². The van der Waals surface area contributed by atoms with E-state index in [0.29, 0.717) is 30.0 Å². The van der Waals surface area contributed by atoms with E-state index >= 15 is 0 Å². The first-order chi connectivity index (χ1) is 15.8. The van der Waals surface area contributed by atoms with Gasteiger partial charge in [0.2, 0.25) is 11.8 Å². The van der Waals surface area contributed by atoms with E-state index < -0.39 is 22.5 Å². The number of anilines is 3. The third-order valence-electron chi connectivity index (χ3n) is 5.42. The maximum atomic E-state index is 13.4. The van der Waals surface area contributed by atoms with Gasteiger partial charge in [0.05, 0.1) is 10.6 Å². The molecule has 0 bridgehead atoms. The van der Waals surface area contributed by atoms with Crippen LogP contribution in [0.25, 0.3) is 0 Å². The summed E-state index contributed by atoms with van der Waals surface area (Å²) in [5.41, 5.74) is 2.41. The zero-order chi connectivity index (χ0) is 23.4. The highest BCUT2D eigenvalue weighted by atomic mass is 32.2. The van der Waals surface area contributed by atoms with E-state index in [1.165, 1.54) is 6.07 Å². The molecule has 170 valence electrons. The Bertz CT molecular complexity index is 1280. The van der Waals surface area contributed by atoms with Crippen LogP contribution in [0, 0.1) is 6.92 Å². The molecule has 0 radical (unpaired) electrons. The summed E-state index contributed by atoms with van der Waals surface area (Å²) >= 11 is 0. The molecule has 1 N–H and O–H groups in total. The standard InChI is InChI=1S/C25H25N3O4S/c1-19-8-5-13-23(16-19)33(31,32)28(21-10-3-2-4-11-21)18-24(29)26-20-9-6-12-22(17-20)27-15-7-14-25(27)30/h2-6,8-13,16-17H,7,14-15,18H2,1H3,(H,26,29). The molecule has 1 aliphatic heterocycles. The molecule has 0 aromatic heterocycles. The summed E-state index contributed by atoms with van der Waals surface area (Å²) in [6, 6.07) is 22.1. The molecule has 7 nitrogen and oxygen atoms in total. The number of para-hydroxylation sites is 1. The number of nitrogens with one attached hydrogen (secondary N) is 1. The first kappa shape index (κ1) is 22.5. The fourth-order valence-electron chi connectivity index (χ4n) is 3.82. The van der Waals surface area contributed by atoms with Crippen LogP contribution in [-0.2, 0) is 19.6 Å². The molecule has 1 heterocycles. The summed E-state index contributed by atoms with van der Waals surface area (Å²) in [7, 11) is -3.97. The highest BCUT2D eigenvalue weighted by molar-refractivity contribution is 7.92. The van der Waals surface area contributed by atoms with Crippen LogP contribution in [0.5, 0.6) is 0 Å². The average Bonchev–Trinajstić information content (AvgIpc) is 3.24. The van der Waals surface area contributed by atoms with E-state index in [4.69, 9.17) is 0 Å². The maximum Gasteiger partial charge on any atom is 0.264 e. The molecule has 0 unspecified atom stereocenters. The Kier molecular flexibility index (Phi) is 6.46. The van der Waals surface area contributed by atoms with Crippen LogP contribution in [-0.4, -0.2) is 33.3 Å². The van der Waals surface area contributed by atoms with Crippen LogP contribution in [0.15, 0.2) is 83.8 Å². The minimum atomic E-state index is -3.97. The number of hydrogen-bond acceptors (Lipinski definition) is 4. The zero-order valence-electron chi connectivity index (χ0n) is 18.3. The van der Waals surface area contributed by atoms with Gasteiger partial charge in [-0.1, -0.05) is 36.4 Å². The molecule has 3 aromatic rings. The van der Waals surface area contributed by atoms with E-state index in [0.717, 1.165) is 16.3 Å². The molecule has 0 atom stereocenters. The second-order valence-electron chi connectivity index (χ2n) is 7.91. The van der Waals surface area contributed by atoms with E-state index in [1.807, 2.05) is 19.1 Å². The summed E-state index contributed by atoms with van der Waals surface area (Å²) in [5, 5.41) is 2.77. The number of hydrogen-bond donors (Lipinski definition) is 1. The topological polar surface area (TPSA) is 86.8 Å². The summed E-state index contributed by atoms with van der Waals surface area (Å²) in [5.74, 6) is -0.432. The second kappa shape index (κ2) is 9.46. The third-order valence-corrected chi connectivity index (χ3v) is 7.19. The van der Waals surface area contributed by atoms with Crippen LogP contribution >= 0.6 is 0 Å². The summed E-state index contributed by atoms with van der Waals surface area (Å²) in [6.07, 6.45) is 1.32. The number of carbonyl (C=O) groups excluding carboxylic acids is 2. The highest BCUT2D eigenvalue weighted by Gasteiger charge is 2.27. The molecule has 0 spiro atoms. The Morgan fingerprint density at radius 3 is 2.45 bits per heavy atom. The van der Waals surface area contributed by atoms with Gasteiger partial charge in [0.1, 0.15) is 6.54 Å². The Labute approximate surface area is 193 Å². The lowest BCUT2D eigenvalue weighted by molar-refractivity contribution is -0.117. The first-order valence-corrected chi connectivity index (χ1v) is 12.1. The third kappa shape index (κ3) is 5.06. The van der Waals surface area contributed by atoms with Gasteiger partial charge >= 0.3 is 0 Å². The Balaban J connectivity index is 1.58. The highest BCUT2D eigenvalue weighted by Crippen LogP contribution is 2.26. The van der Waals surface area contributed by atoms with Crippen LogP contribution in [0.2, 0.25) is 0 Å². The van der Waals surface area contributed by atoms with Gasteiger partial charge in [-0.25, -0.2) is 8.42 Å². The second-order valence-corrected chi connectivity index (χ2v) is 9.77. The van der Waals surface area contributed by atoms with Crippen molar-refractivity contribution >= 4 is 38.9 Å². The van der Waals surface area contributed by atoms with Crippen LogP contribution in [0.4, 0.5) is 17.1 Å². The fraction of sp³-hybridized carbons (Fsp3) is 0.200. The maximum absolute atomic E-state index is 13.4. The molecule has 8 heteroatoms. The minimum absolute atomic E-state index is 0.0537. The largest absolute Gasteiger partial charge is 0.324 e. The minimum Gasteiger partial charge on any atom is -0.324 e. The van der Waals surface area contributed by atoms with Crippen molar-refractivity contribution < 1.29 is 18.0 Å². The molecule has 1 aliphatic rings. The van der Waals surface area contributed by atoms with Crippen molar-refractivity contribution in [2.75, 3.05) is 27.6 Å². The van der Waals surface area contributed by atoms with Gasteiger partial charge in [0, 0.05) is 24.3 Å². The Morgan fingerprint density at radius 2 is 1.76 bits per heavy atom. The SMILES string of the molecule is Cc1cccc(S(=O)(=O)N(CC(=O)Nc2cccc(N3CCCC3=O)c2)c2ccccc2)c1. The van der Waals surface area contributed by atoms with E-state index in [2.05, 4.69) is 5.32 Å². The number of benzene rings is 3. The van der Waals surface area contributed by atoms with Crippen LogP contribution < -0.4 is 14.5 Å². The quantitative estimate of drug-likeness (QED) is 0.575. The molecular weight excluding hydrogens is 438 g/mol. The number of rotatable bonds is 7. The number of sulfonamides is 1. The van der Waals surface area contributed by atoms with Crippen molar-refractivity contribution in [1.29, 1.82) is 0 Å². The molecule has 3 aromatic carbocycles. The smallest absolute Gasteiger partial charge is 0.264 e. The van der Waals surface area contributed by atoms with E-state index in [9.17, 15) is 18.0 Å². The van der Waals surface area contributed by atoms with Gasteiger partial charge in [-0.3, -0.25) is 13.9 Å². The fourth-order valence-corrected chi connectivity index (χ4v) is 5.34. The molecule has 0 aliphatic carbocycles. The van der Waals surface area contributed by atoms with Gasteiger partial charge in [-0.15, -0.1) is 0 Å². The number of nitrogens with zero attached hydrogens (tertiary/aromatic N) is 2. The first-order valence-electron chi connectivity index (χ1n) is 10.7.